The quantitative estimate of drug-likeness (QED) is 0.614. The highest BCUT2D eigenvalue weighted by molar-refractivity contribution is 5.78. The van der Waals surface area contributed by atoms with Crippen molar-refractivity contribution in [1.82, 2.24) is 19.9 Å². The van der Waals surface area contributed by atoms with E-state index >= 15 is 0 Å². The predicted molar refractivity (Wildman–Crippen MR) is 86.3 cm³/mol. The molecule has 0 saturated carbocycles. The summed E-state index contributed by atoms with van der Waals surface area (Å²) in [5.41, 5.74) is 8.36. The van der Waals surface area contributed by atoms with Gasteiger partial charge in [0.15, 0.2) is 11.2 Å². The molecule has 1 aromatic carbocycles. The van der Waals surface area contributed by atoms with E-state index in [1.54, 1.807) is 12.1 Å². The van der Waals surface area contributed by atoms with E-state index in [0.29, 0.717) is 17.8 Å². The van der Waals surface area contributed by atoms with E-state index in [1.807, 2.05) is 13.0 Å². The molecule has 0 saturated heterocycles. The second-order valence-electron chi connectivity index (χ2n) is 5.03. The van der Waals surface area contributed by atoms with E-state index in [9.17, 15) is 9.59 Å². The Morgan fingerprint density at radius 3 is 2.91 bits per heavy atom. The number of nitrogens with one attached hydrogen (secondary N) is 2. The summed E-state index contributed by atoms with van der Waals surface area (Å²) in [6, 6.07) is 5.42. The first-order valence-corrected chi connectivity index (χ1v) is 6.88. The van der Waals surface area contributed by atoms with Crippen LogP contribution in [0.2, 0.25) is 0 Å². The highest BCUT2D eigenvalue weighted by Crippen LogP contribution is 2.14. The summed E-state index contributed by atoms with van der Waals surface area (Å²) < 4.78 is 0. The first-order valence-electron chi connectivity index (χ1n) is 6.88. The summed E-state index contributed by atoms with van der Waals surface area (Å²) in [4.78, 5) is 37.3. The number of nitrogens with two attached hydrogens (primary N) is 1. The highest BCUT2D eigenvalue weighted by Gasteiger charge is 2.07. The number of aryl methyl sites for hydroxylation is 1. The first-order chi connectivity index (χ1) is 11.1. The lowest BCUT2D eigenvalue weighted by atomic mass is 10.1. The number of carbonyl (C=O) groups is 1. The van der Waals surface area contributed by atoms with Crippen LogP contribution in [0.25, 0.3) is 11.2 Å². The molecule has 116 valence electrons. The lowest BCUT2D eigenvalue weighted by Crippen LogP contribution is -2.15. The number of anilines is 2. The zero-order valence-electron chi connectivity index (χ0n) is 12.3. The van der Waals surface area contributed by atoms with Crippen LogP contribution >= 0.6 is 0 Å². The van der Waals surface area contributed by atoms with Gasteiger partial charge >= 0.3 is 0 Å². The third kappa shape index (κ3) is 3.00. The fraction of sp³-hybridized carbons (Fsp3) is 0.133. The molecule has 0 aliphatic carbocycles. The molecule has 23 heavy (non-hydrogen) atoms. The third-order valence-electron chi connectivity index (χ3n) is 3.36. The van der Waals surface area contributed by atoms with Gasteiger partial charge in [-0.2, -0.15) is 4.98 Å². The second kappa shape index (κ2) is 5.84. The van der Waals surface area contributed by atoms with Gasteiger partial charge in [0.2, 0.25) is 5.95 Å². The van der Waals surface area contributed by atoms with Crippen LogP contribution < -0.4 is 16.6 Å². The number of hydrogen-bond acceptors (Lipinski definition) is 7. The summed E-state index contributed by atoms with van der Waals surface area (Å²) in [5, 5.41) is 3.17. The second-order valence-corrected chi connectivity index (χ2v) is 5.03. The Morgan fingerprint density at radius 1 is 1.35 bits per heavy atom. The van der Waals surface area contributed by atoms with Crippen molar-refractivity contribution < 1.29 is 4.79 Å². The number of carbonyl (C=O) groups excluding carboxylic acids is 1. The van der Waals surface area contributed by atoms with E-state index in [4.69, 9.17) is 5.73 Å². The summed E-state index contributed by atoms with van der Waals surface area (Å²) in [6.07, 6.45) is 2.35. The minimum absolute atomic E-state index is 0.00779. The van der Waals surface area contributed by atoms with Crippen molar-refractivity contribution in [3.63, 3.8) is 0 Å². The van der Waals surface area contributed by atoms with Gasteiger partial charge in [0.25, 0.3) is 5.56 Å². The molecule has 8 nitrogen and oxygen atoms in total. The Kier molecular flexibility index (Phi) is 3.71. The van der Waals surface area contributed by atoms with E-state index in [2.05, 4.69) is 25.3 Å². The van der Waals surface area contributed by atoms with Gasteiger partial charge in [0.1, 0.15) is 6.29 Å². The lowest BCUT2D eigenvalue weighted by molar-refractivity contribution is 0.112. The van der Waals surface area contributed by atoms with Gasteiger partial charge in [-0.1, -0.05) is 0 Å². The van der Waals surface area contributed by atoms with Crippen molar-refractivity contribution in [3.8, 4) is 0 Å². The molecule has 0 spiro atoms. The molecule has 0 aliphatic heterocycles. The number of aromatic amines is 1. The summed E-state index contributed by atoms with van der Waals surface area (Å²) in [7, 11) is 0. The van der Waals surface area contributed by atoms with Gasteiger partial charge in [0.05, 0.1) is 18.4 Å². The summed E-state index contributed by atoms with van der Waals surface area (Å²) in [5.74, 6) is 0.00779. The van der Waals surface area contributed by atoms with Crippen molar-refractivity contribution in [2.75, 3.05) is 11.1 Å². The molecular weight excluding hydrogens is 296 g/mol. The number of aldehydes is 1. The maximum Gasteiger partial charge on any atom is 0.280 e. The molecule has 0 fully saturated rings. The number of aromatic nitrogens is 4. The summed E-state index contributed by atoms with van der Waals surface area (Å²) in [6.45, 7) is 2.24. The van der Waals surface area contributed by atoms with Crippen LogP contribution in [0.1, 0.15) is 21.6 Å². The Labute approximate surface area is 130 Å². The Hall–Kier alpha value is -3.29. The van der Waals surface area contributed by atoms with Crippen LogP contribution in [-0.4, -0.2) is 26.2 Å². The molecule has 3 aromatic rings. The SMILES string of the molecule is Cc1cc(NCc2cnc3nc(N)[nH]c(=O)c3n2)ccc1C=O. The number of fused-ring (bicyclic) bond motifs is 1. The van der Waals surface area contributed by atoms with Crippen LogP contribution in [0.4, 0.5) is 11.6 Å². The third-order valence-corrected chi connectivity index (χ3v) is 3.36. The van der Waals surface area contributed by atoms with E-state index < -0.39 is 5.56 Å². The fourth-order valence-electron chi connectivity index (χ4n) is 2.17. The maximum atomic E-state index is 11.8. The minimum atomic E-state index is -0.423. The molecule has 0 atom stereocenters. The number of benzene rings is 1. The molecule has 0 amide bonds. The Bertz CT molecular complexity index is 950. The number of nitrogen functional groups attached to an aromatic ring is 1. The van der Waals surface area contributed by atoms with E-state index in [-0.39, 0.29) is 17.1 Å². The Balaban J connectivity index is 1.83. The zero-order chi connectivity index (χ0) is 16.4. The van der Waals surface area contributed by atoms with Gasteiger partial charge in [-0.05, 0) is 30.7 Å². The molecule has 0 bridgehead atoms. The topological polar surface area (TPSA) is 127 Å². The first kappa shape index (κ1) is 14.6. The number of rotatable bonds is 4. The average molecular weight is 310 g/mol. The van der Waals surface area contributed by atoms with Crippen LogP contribution in [0.3, 0.4) is 0 Å². The van der Waals surface area contributed by atoms with Crippen LogP contribution in [0, 0.1) is 6.92 Å². The van der Waals surface area contributed by atoms with Gasteiger partial charge in [-0.3, -0.25) is 14.6 Å². The monoisotopic (exact) mass is 310 g/mol. The largest absolute Gasteiger partial charge is 0.379 e. The Morgan fingerprint density at radius 2 is 2.17 bits per heavy atom. The van der Waals surface area contributed by atoms with Crippen LogP contribution in [0.5, 0.6) is 0 Å². The lowest BCUT2D eigenvalue weighted by Gasteiger charge is -2.08. The molecule has 3 rings (SSSR count). The van der Waals surface area contributed by atoms with Crippen LogP contribution in [-0.2, 0) is 6.54 Å². The van der Waals surface area contributed by atoms with Crippen molar-refractivity contribution in [2.45, 2.75) is 13.5 Å². The van der Waals surface area contributed by atoms with Crippen molar-refractivity contribution in [1.29, 1.82) is 0 Å². The number of nitrogens with zero attached hydrogens (tertiary/aromatic N) is 3. The molecule has 2 heterocycles. The molecule has 2 aromatic heterocycles. The minimum Gasteiger partial charge on any atom is -0.379 e. The highest BCUT2D eigenvalue weighted by atomic mass is 16.1. The van der Waals surface area contributed by atoms with Gasteiger partial charge in [0, 0.05) is 11.3 Å². The van der Waals surface area contributed by atoms with Crippen molar-refractivity contribution >= 4 is 29.1 Å². The average Bonchev–Trinajstić information content (AvgIpc) is 2.53. The normalized spacial score (nSPS) is 10.7. The fourth-order valence-corrected chi connectivity index (χ4v) is 2.17. The van der Waals surface area contributed by atoms with Crippen molar-refractivity contribution in [3.05, 3.63) is 51.6 Å². The van der Waals surface area contributed by atoms with Crippen LogP contribution in [0.15, 0.2) is 29.2 Å². The van der Waals surface area contributed by atoms with Crippen molar-refractivity contribution in [2.24, 2.45) is 0 Å². The molecule has 8 heteroatoms. The molecule has 0 radical (unpaired) electrons. The predicted octanol–water partition coefficient (Wildman–Crippen LogP) is 1.03. The number of hydrogen-bond donors (Lipinski definition) is 3. The molecular formula is C15H14N6O2. The smallest absolute Gasteiger partial charge is 0.280 e. The van der Waals surface area contributed by atoms with Gasteiger partial charge in [-0.25, -0.2) is 9.97 Å². The zero-order valence-corrected chi connectivity index (χ0v) is 12.3. The van der Waals surface area contributed by atoms with E-state index in [0.717, 1.165) is 17.5 Å². The molecule has 4 N–H and O–H groups in total. The molecule has 0 aliphatic rings. The van der Waals surface area contributed by atoms with Gasteiger partial charge in [-0.15, -0.1) is 0 Å². The molecule has 0 unspecified atom stereocenters. The standard InChI is InChI=1S/C15H14N6O2/c1-8-4-10(3-2-9(8)7-22)17-5-11-6-18-13-12(19-11)14(23)21-15(16)20-13/h2-4,6-7,17H,5H2,1H3,(H3,16,18,20,21,23). The van der Waals surface area contributed by atoms with E-state index in [1.165, 1.54) is 6.20 Å². The number of H-pyrrole nitrogens is 1. The maximum absolute atomic E-state index is 11.8. The van der Waals surface area contributed by atoms with Gasteiger partial charge < -0.3 is 11.1 Å². The summed E-state index contributed by atoms with van der Waals surface area (Å²) >= 11 is 0.